The second-order valence-electron chi connectivity index (χ2n) is 7.60. The van der Waals surface area contributed by atoms with Crippen molar-refractivity contribution in [2.75, 3.05) is 30.0 Å². The molecule has 2 heterocycles. The maximum atomic E-state index is 9.10. The minimum absolute atomic E-state index is 0.0263. The zero-order chi connectivity index (χ0) is 20.3. The zero-order valence-electron chi connectivity index (χ0n) is 16.6. The first kappa shape index (κ1) is 21.9. The summed E-state index contributed by atoms with van der Waals surface area (Å²) in [6.45, 7) is 6.19. The van der Waals surface area contributed by atoms with Crippen LogP contribution in [-0.2, 0) is 14.2 Å². The summed E-state index contributed by atoms with van der Waals surface area (Å²) in [6, 6.07) is 1.89. The number of unbranched alkanes of at least 4 members (excludes halogenated alkanes) is 1. The van der Waals surface area contributed by atoms with E-state index >= 15 is 0 Å². The molecule has 1 aromatic heterocycles. The SMILES string of the molecule is CCCCSc1cc(N[C@@H]2C[C@H](OCCO)[C@H]3OC(C)(C)O[C@H]32)c(N)c(Cl)n1. The van der Waals surface area contributed by atoms with Crippen LogP contribution in [0.15, 0.2) is 11.1 Å². The maximum Gasteiger partial charge on any atom is 0.164 e. The predicted molar refractivity (Wildman–Crippen MR) is 112 cm³/mol. The molecule has 0 aromatic carbocycles. The van der Waals surface area contributed by atoms with Gasteiger partial charge in [0.05, 0.1) is 41.8 Å². The number of thioether (sulfide) groups is 1. The van der Waals surface area contributed by atoms with E-state index in [4.69, 9.17) is 36.7 Å². The molecule has 1 saturated heterocycles. The molecule has 28 heavy (non-hydrogen) atoms. The number of aliphatic hydroxyl groups excluding tert-OH is 1. The molecular weight excluding hydrogens is 402 g/mol. The molecule has 0 spiro atoms. The van der Waals surface area contributed by atoms with Gasteiger partial charge in [0.15, 0.2) is 10.9 Å². The molecule has 1 aliphatic carbocycles. The van der Waals surface area contributed by atoms with Crippen LogP contribution in [0.5, 0.6) is 0 Å². The molecular formula is C19H30ClN3O4S. The Morgan fingerprint density at radius 3 is 2.89 bits per heavy atom. The molecule has 7 nitrogen and oxygen atoms in total. The van der Waals surface area contributed by atoms with Crippen molar-refractivity contribution in [1.82, 2.24) is 4.98 Å². The first-order valence-corrected chi connectivity index (χ1v) is 11.1. The van der Waals surface area contributed by atoms with Crippen LogP contribution in [-0.4, -0.2) is 59.2 Å². The summed E-state index contributed by atoms with van der Waals surface area (Å²) < 4.78 is 18.0. The Bertz CT molecular complexity index is 679. The highest BCUT2D eigenvalue weighted by Crippen LogP contribution is 2.42. The lowest BCUT2D eigenvalue weighted by Crippen LogP contribution is -2.34. The van der Waals surface area contributed by atoms with E-state index in [-0.39, 0.29) is 37.6 Å². The highest BCUT2D eigenvalue weighted by molar-refractivity contribution is 7.99. The van der Waals surface area contributed by atoms with Crippen molar-refractivity contribution in [1.29, 1.82) is 0 Å². The van der Waals surface area contributed by atoms with Crippen LogP contribution >= 0.6 is 23.4 Å². The largest absolute Gasteiger partial charge is 0.395 e. The molecule has 0 unspecified atom stereocenters. The van der Waals surface area contributed by atoms with Gasteiger partial charge in [-0.15, -0.1) is 11.8 Å². The van der Waals surface area contributed by atoms with Crippen molar-refractivity contribution in [2.24, 2.45) is 0 Å². The van der Waals surface area contributed by atoms with E-state index in [1.54, 1.807) is 11.8 Å². The number of hydrogen-bond donors (Lipinski definition) is 3. The number of hydrogen-bond acceptors (Lipinski definition) is 8. The van der Waals surface area contributed by atoms with Crippen molar-refractivity contribution in [2.45, 2.75) is 75.2 Å². The van der Waals surface area contributed by atoms with E-state index < -0.39 is 5.79 Å². The van der Waals surface area contributed by atoms with Gasteiger partial charge >= 0.3 is 0 Å². The summed E-state index contributed by atoms with van der Waals surface area (Å²) >= 11 is 7.94. The molecule has 0 amide bonds. The third-order valence-corrected chi connectivity index (χ3v) is 6.20. The fraction of sp³-hybridized carbons (Fsp3) is 0.737. The molecule has 2 aliphatic rings. The Labute approximate surface area is 175 Å². The Morgan fingerprint density at radius 1 is 1.43 bits per heavy atom. The fourth-order valence-electron chi connectivity index (χ4n) is 3.66. The van der Waals surface area contributed by atoms with Gasteiger partial charge in [0.2, 0.25) is 0 Å². The summed E-state index contributed by atoms with van der Waals surface area (Å²) in [7, 11) is 0. The molecule has 1 saturated carbocycles. The number of aromatic nitrogens is 1. The first-order valence-electron chi connectivity index (χ1n) is 9.78. The number of nitrogens with zero attached hydrogens (tertiary/aromatic N) is 1. The number of nitrogen functional groups attached to an aromatic ring is 1. The highest BCUT2D eigenvalue weighted by Gasteiger charge is 2.54. The molecule has 4 atom stereocenters. The maximum absolute atomic E-state index is 9.10. The standard InChI is InChI=1S/C19H30ClN3O4S/c1-4-5-8-28-14-10-11(15(21)18(20)23-14)22-12-9-13(25-7-6-24)17-16(12)26-19(2,3)27-17/h10,12-13,16-17,24H,4-9,21H2,1-3H3,(H,22,23)/t12-,13+,16+,17-/m1/s1. The number of halogens is 1. The fourth-order valence-corrected chi connectivity index (χ4v) is 4.90. The zero-order valence-corrected chi connectivity index (χ0v) is 18.2. The van der Waals surface area contributed by atoms with Gasteiger partial charge in [0.1, 0.15) is 12.2 Å². The van der Waals surface area contributed by atoms with Crippen LogP contribution in [0.2, 0.25) is 5.15 Å². The van der Waals surface area contributed by atoms with Gasteiger partial charge in [-0.05, 0) is 38.5 Å². The molecule has 1 aromatic rings. The predicted octanol–water partition coefficient (Wildman–Crippen LogP) is 3.29. The summed E-state index contributed by atoms with van der Waals surface area (Å²) in [5.41, 5.74) is 7.36. The van der Waals surface area contributed by atoms with Gasteiger partial charge in [0, 0.05) is 0 Å². The summed E-state index contributed by atoms with van der Waals surface area (Å²) in [6.07, 6.45) is 2.40. The number of pyridine rings is 1. The average Bonchev–Trinajstić information content (AvgIpc) is 3.11. The van der Waals surface area contributed by atoms with Gasteiger partial charge in [-0.2, -0.15) is 0 Å². The Morgan fingerprint density at radius 2 is 2.18 bits per heavy atom. The average molecular weight is 432 g/mol. The smallest absolute Gasteiger partial charge is 0.164 e. The molecule has 0 bridgehead atoms. The quantitative estimate of drug-likeness (QED) is 0.311. The number of anilines is 2. The first-order chi connectivity index (χ1) is 13.3. The van der Waals surface area contributed by atoms with Gasteiger partial charge in [-0.3, -0.25) is 0 Å². The molecule has 2 fully saturated rings. The van der Waals surface area contributed by atoms with Crippen LogP contribution in [0, 0.1) is 0 Å². The van der Waals surface area contributed by atoms with E-state index in [9.17, 15) is 0 Å². The van der Waals surface area contributed by atoms with Crippen molar-refractivity contribution in [3.63, 3.8) is 0 Å². The van der Waals surface area contributed by atoms with Crippen molar-refractivity contribution < 1.29 is 19.3 Å². The Kier molecular flexibility index (Phi) is 7.33. The third kappa shape index (κ3) is 5.04. The molecule has 1 aliphatic heterocycles. The van der Waals surface area contributed by atoms with Gasteiger partial charge in [-0.25, -0.2) is 4.98 Å². The second-order valence-corrected chi connectivity index (χ2v) is 9.07. The van der Waals surface area contributed by atoms with E-state index in [1.807, 2.05) is 19.9 Å². The number of aliphatic hydroxyl groups is 1. The van der Waals surface area contributed by atoms with Crippen LogP contribution in [0.1, 0.15) is 40.0 Å². The summed E-state index contributed by atoms with van der Waals surface area (Å²) in [5, 5.41) is 13.7. The van der Waals surface area contributed by atoms with Crippen LogP contribution in [0.4, 0.5) is 11.4 Å². The van der Waals surface area contributed by atoms with Crippen molar-refractivity contribution >= 4 is 34.7 Å². The van der Waals surface area contributed by atoms with Crippen LogP contribution in [0.3, 0.4) is 0 Å². The van der Waals surface area contributed by atoms with Crippen LogP contribution < -0.4 is 11.1 Å². The third-order valence-electron chi connectivity index (χ3n) is 4.91. The Hall–Kier alpha value is -0.770. The lowest BCUT2D eigenvalue weighted by molar-refractivity contribution is -0.167. The molecule has 9 heteroatoms. The highest BCUT2D eigenvalue weighted by atomic mass is 35.5. The minimum Gasteiger partial charge on any atom is -0.395 e. The van der Waals surface area contributed by atoms with Gasteiger partial charge in [0.25, 0.3) is 0 Å². The van der Waals surface area contributed by atoms with Gasteiger partial charge < -0.3 is 30.4 Å². The van der Waals surface area contributed by atoms with E-state index in [0.29, 0.717) is 17.3 Å². The normalized spacial score (nSPS) is 28.5. The van der Waals surface area contributed by atoms with E-state index in [0.717, 1.165) is 29.3 Å². The minimum atomic E-state index is -0.681. The number of fused-ring (bicyclic) bond motifs is 1. The topological polar surface area (TPSA) is 98.9 Å². The Balaban J connectivity index is 1.76. The van der Waals surface area contributed by atoms with E-state index in [1.165, 1.54) is 0 Å². The second kappa shape index (κ2) is 9.36. The molecule has 0 radical (unpaired) electrons. The number of ether oxygens (including phenoxy) is 3. The van der Waals surface area contributed by atoms with Crippen LogP contribution in [0.25, 0.3) is 0 Å². The molecule has 4 N–H and O–H groups in total. The molecule has 158 valence electrons. The van der Waals surface area contributed by atoms with Gasteiger partial charge in [-0.1, -0.05) is 24.9 Å². The summed E-state index contributed by atoms with van der Waals surface area (Å²) in [5.74, 6) is 0.304. The molecule has 3 rings (SSSR count). The van der Waals surface area contributed by atoms with E-state index in [2.05, 4.69) is 17.2 Å². The van der Waals surface area contributed by atoms with Crippen molar-refractivity contribution in [3.05, 3.63) is 11.2 Å². The number of nitrogens with two attached hydrogens (primary N) is 1. The number of rotatable bonds is 9. The summed E-state index contributed by atoms with van der Waals surface area (Å²) in [4.78, 5) is 4.38. The van der Waals surface area contributed by atoms with Crippen molar-refractivity contribution in [3.8, 4) is 0 Å². The monoisotopic (exact) mass is 431 g/mol. The number of nitrogens with one attached hydrogen (secondary N) is 1. The lowest BCUT2D eigenvalue weighted by Gasteiger charge is -2.25. The lowest BCUT2D eigenvalue weighted by atomic mass is 10.2.